The highest BCUT2D eigenvalue weighted by molar-refractivity contribution is 6.07. The van der Waals surface area contributed by atoms with Crippen molar-refractivity contribution in [1.82, 2.24) is 20.3 Å². The lowest BCUT2D eigenvalue weighted by Gasteiger charge is -2.37. The molecular formula is C26H28N4O. The Morgan fingerprint density at radius 1 is 0.968 bits per heavy atom. The zero-order chi connectivity index (χ0) is 20.8. The van der Waals surface area contributed by atoms with Crippen LogP contribution in [0.15, 0.2) is 72.6 Å². The average Bonchev–Trinajstić information content (AvgIpc) is 3.40. The molecule has 2 aromatic carbocycles. The van der Waals surface area contributed by atoms with Crippen LogP contribution in [0.3, 0.4) is 0 Å². The van der Waals surface area contributed by atoms with E-state index in [1.165, 1.54) is 11.1 Å². The number of aromatic nitrogens is 1. The standard InChI is InChI=1S/C26H28N4O/c31-26(30(20-10-11-20)21-12-13-24-19(14-21)15-27-28-24)23-17-29(16-18-6-2-1-3-7-18)25-9-5-4-8-22(23)25/h1-9,15,17,20-21,24,27-28H,10-14,16H2. The fraction of sp³-hybridized carbons (Fsp3) is 0.346. The van der Waals surface area contributed by atoms with Gasteiger partial charge in [-0.1, -0.05) is 48.5 Å². The summed E-state index contributed by atoms with van der Waals surface area (Å²) < 4.78 is 2.23. The summed E-state index contributed by atoms with van der Waals surface area (Å²) >= 11 is 0. The first-order valence-electron chi connectivity index (χ1n) is 11.4. The van der Waals surface area contributed by atoms with E-state index in [1.54, 1.807) is 0 Å². The summed E-state index contributed by atoms with van der Waals surface area (Å²) in [4.78, 5) is 16.2. The number of hydrogen-bond donors (Lipinski definition) is 2. The van der Waals surface area contributed by atoms with Gasteiger partial charge in [-0.2, -0.15) is 0 Å². The minimum Gasteiger partial charge on any atom is -0.342 e. The maximum absolute atomic E-state index is 14.0. The summed E-state index contributed by atoms with van der Waals surface area (Å²) in [5.74, 6) is 0.202. The van der Waals surface area contributed by atoms with Crippen molar-refractivity contribution in [2.75, 3.05) is 0 Å². The lowest BCUT2D eigenvalue weighted by atomic mass is 9.86. The normalized spacial score (nSPS) is 22.6. The van der Waals surface area contributed by atoms with Crippen molar-refractivity contribution >= 4 is 16.8 Å². The van der Waals surface area contributed by atoms with Crippen LogP contribution in [0, 0.1) is 0 Å². The highest BCUT2D eigenvalue weighted by Crippen LogP contribution is 2.38. The van der Waals surface area contributed by atoms with Crippen LogP contribution in [0.2, 0.25) is 0 Å². The molecule has 1 aromatic heterocycles. The fourth-order valence-electron chi connectivity index (χ4n) is 5.31. The number of rotatable bonds is 5. The van der Waals surface area contributed by atoms with Gasteiger partial charge in [0.15, 0.2) is 0 Å². The number of hydrazine groups is 1. The van der Waals surface area contributed by atoms with E-state index in [0.29, 0.717) is 18.1 Å². The van der Waals surface area contributed by atoms with Crippen LogP contribution in [0.1, 0.15) is 48.0 Å². The highest BCUT2D eigenvalue weighted by Gasteiger charge is 2.41. The molecule has 2 unspecified atom stereocenters. The molecule has 3 aromatic rings. The van der Waals surface area contributed by atoms with Crippen LogP contribution in [0.5, 0.6) is 0 Å². The van der Waals surface area contributed by atoms with Crippen LogP contribution in [0.25, 0.3) is 10.9 Å². The first-order valence-corrected chi connectivity index (χ1v) is 11.4. The molecule has 2 atom stereocenters. The Balaban J connectivity index is 1.35. The number of fused-ring (bicyclic) bond motifs is 2. The first-order chi connectivity index (χ1) is 15.3. The minimum atomic E-state index is 0.202. The molecule has 158 valence electrons. The molecule has 3 aliphatic rings. The zero-order valence-corrected chi connectivity index (χ0v) is 17.6. The smallest absolute Gasteiger partial charge is 0.256 e. The molecule has 5 nitrogen and oxygen atoms in total. The lowest BCUT2D eigenvalue weighted by Crippen LogP contribution is -2.46. The molecule has 2 heterocycles. The van der Waals surface area contributed by atoms with Gasteiger partial charge in [0.05, 0.1) is 5.56 Å². The molecule has 6 rings (SSSR count). The van der Waals surface area contributed by atoms with Crippen molar-refractivity contribution in [3.05, 3.63) is 83.7 Å². The largest absolute Gasteiger partial charge is 0.342 e. The van der Waals surface area contributed by atoms with Crippen molar-refractivity contribution in [3.63, 3.8) is 0 Å². The Morgan fingerprint density at radius 3 is 2.58 bits per heavy atom. The Hall–Kier alpha value is -3.05. The van der Waals surface area contributed by atoms with Crippen molar-refractivity contribution in [3.8, 4) is 0 Å². The number of benzene rings is 2. The molecule has 1 aliphatic heterocycles. The second-order valence-corrected chi connectivity index (χ2v) is 9.11. The Kier molecular flexibility index (Phi) is 4.57. The van der Waals surface area contributed by atoms with E-state index < -0.39 is 0 Å². The summed E-state index contributed by atoms with van der Waals surface area (Å²) in [6.07, 6.45) is 9.54. The number of amides is 1. The van der Waals surface area contributed by atoms with Gasteiger partial charge < -0.3 is 14.9 Å². The zero-order valence-electron chi connectivity index (χ0n) is 17.6. The molecule has 0 spiro atoms. The summed E-state index contributed by atoms with van der Waals surface area (Å²) in [7, 11) is 0. The molecule has 1 amide bonds. The lowest BCUT2D eigenvalue weighted by molar-refractivity contribution is 0.0631. The predicted molar refractivity (Wildman–Crippen MR) is 122 cm³/mol. The third-order valence-corrected chi connectivity index (χ3v) is 7.01. The number of para-hydroxylation sites is 1. The number of nitrogens with zero attached hydrogens (tertiary/aromatic N) is 2. The second kappa shape index (κ2) is 7.57. The topological polar surface area (TPSA) is 49.3 Å². The van der Waals surface area contributed by atoms with Gasteiger partial charge in [-0.05, 0) is 49.3 Å². The molecule has 2 fully saturated rings. The van der Waals surface area contributed by atoms with Gasteiger partial charge in [0.25, 0.3) is 5.91 Å². The molecule has 2 saturated carbocycles. The van der Waals surface area contributed by atoms with Gasteiger partial charge in [-0.3, -0.25) is 4.79 Å². The van der Waals surface area contributed by atoms with Gasteiger partial charge >= 0.3 is 0 Å². The van der Waals surface area contributed by atoms with Crippen molar-refractivity contribution < 1.29 is 4.79 Å². The average molecular weight is 413 g/mol. The SMILES string of the molecule is O=C(c1cn(Cc2ccccc2)c2ccccc12)N(C1CC1)C1CCC2NNC=C2C1. The van der Waals surface area contributed by atoms with Crippen LogP contribution >= 0.6 is 0 Å². The maximum Gasteiger partial charge on any atom is 0.256 e. The highest BCUT2D eigenvalue weighted by atomic mass is 16.2. The third-order valence-electron chi connectivity index (χ3n) is 7.01. The number of nitrogens with one attached hydrogen (secondary N) is 2. The number of carbonyl (C=O) groups excluding carboxylic acids is 1. The molecule has 0 bridgehead atoms. The molecule has 5 heteroatoms. The Morgan fingerprint density at radius 2 is 1.74 bits per heavy atom. The maximum atomic E-state index is 14.0. The van der Waals surface area contributed by atoms with Gasteiger partial charge in [0.1, 0.15) is 0 Å². The van der Waals surface area contributed by atoms with Gasteiger partial charge in [-0.25, -0.2) is 5.43 Å². The van der Waals surface area contributed by atoms with E-state index in [2.05, 4.69) is 75.2 Å². The van der Waals surface area contributed by atoms with E-state index in [1.807, 2.05) is 12.1 Å². The molecule has 2 aliphatic carbocycles. The van der Waals surface area contributed by atoms with E-state index in [9.17, 15) is 4.79 Å². The van der Waals surface area contributed by atoms with Crippen LogP contribution in [-0.2, 0) is 6.54 Å². The van der Waals surface area contributed by atoms with Gasteiger partial charge in [0, 0.05) is 48.0 Å². The molecule has 2 N–H and O–H groups in total. The van der Waals surface area contributed by atoms with Gasteiger partial charge in [0.2, 0.25) is 0 Å². The fourth-order valence-corrected chi connectivity index (χ4v) is 5.31. The van der Waals surface area contributed by atoms with E-state index in [4.69, 9.17) is 0 Å². The molecular weight excluding hydrogens is 384 g/mol. The third kappa shape index (κ3) is 3.43. The second-order valence-electron chi connectivity index (χ2n) is 9.11. The number of carbonyl (C=O) groups is 1. The summed E-state index contributed by atoms with van der Waals surface area (Å²) in [6, 6.07) is 19.9. The van der Waals surface area contributed by atoms with E-state index in [0.717, 1.165) is 55.1 Å². The van der Waals surface area contributed by atoms with Crippen molar-refractivity contribution in [2.45, 2.75) is 56.8 Å². The Bertz CT molecular complexity index is 1140. The molecule has 0 saturated heterocycles. The van der Waals surface area contributed by atoms with Crippen LogP contribution in [0.4, 0.5) is 0 Å². The van der Waals surface area contributed by atoms with Crippen molar-refractivity contribution in [2.24, 2.45) is 0 Å². The van der Waals surface area contributed by atoms with Gasteiger partial charge in [-0.15, -0.1) is 0 Å². The van der Waals surface area contributed by atoms with Crippen molar-refractivity contribution in [1.29, 1.82) is 0 Å². The predicted octanol–water partition coefficient (Wildman–Crippen LogP) is 4.21. The monoisotopic (exact) mass is 412 g/mol. The quantitative estimate of drug-likeness (QED) is 0.660. The molecule has 0 radical (unpaired) electrons. The van der Waals surface area contributed by atoms with Crippen LogP contribution < -0.4 is 10.9 Å². The van der Waals surface area contributed by atoms with E-state index in [-0.39, 0.29) is 5.91 Å². The van der Waals surface area contributed by atoms with Crippen LogP contribution in [-0.4, -0.2) is 33.5 Å². The summed E-state index contributed by atoms with van der Waals surface area (Å²) in [5.41, 5.74) is 11.1. The number of hydrogen-bond acceptors (Lipinski definition) is 3. The first kappa shape index (κ1) is 18.7. The summed E-state index contributed by atoms with van der Waals surface area (Å²) in [6.45, 7) is 0.771. The summed E-state index contributed by atoms with van der Waals surface area (Å²) in [5, 5.41) is 1.06. The minimum absolute atomic E-state index is 0.202. The van der Waals surface area contributed by atoms with E-state index >= 15 is 0 Å². The molecule has 31 heavy (non-hydrogen) atoms. The Labute approximate surface area is 182 Å².